The zero-order valence-electron chi connectivity index (χ0n) is 16.2. The number of piperazine rings is 1. The number of amides is 1. The molecular formula is C19H30N4O4. The third-order valence-corrected chi connectivity index (χ3v) is 5.44. The lowest BCUT2D eigenvalue weighted by Crippen LogP contribution is -2.53. The van der Waals surface area contributed by atoms with E-state index >= 15 is 0 Å². The Bertz CT molecular complexity index is 697. The largest absolute Gasteiger partial charge is 0.450 e. The Morgan fingerprint density at radius 1 is 0.963 bits per heavy atom. The lowest BCUT2D eigenvalue weighted by atomic mass is 10.1. The number of likely N-dealkylation sites (tertiary alicyclic amines) is 1. The normalized spacial score (nSPS) is 19.1. The monoisotopic (exact) mass is 378 g/mol. The van der Waals surface area contributed by atoms with Crippen LogP contribution in [-0.4, -0.2) is 74.9 Å². The van der Waals surface area contributed by atoms with Gasteiger partial charge in [0.2, 0.25) is 0 Å². The molecule has 0 aromatic heterocycles. The SMILES string of the molecule is CCOC(=O)N1CCN(c2c(NCCN3CCCCCC3)c(=O)c2=O)CC1. The summed E-state index contributed by atoms with van der Waals surface area (Å²) in [7, 11) is 0. The van der Waals surface area contributed by atoms with E-state index in [0.29, 0.717) is 50.7 Å². The molecule has 1 aromatic carbocycles. The summed E-state index contributed by atoms with van der Waals surface area (Å²) in [5.74, 6) is 0. The Hall–Kier alpha value is -2.09. The van der Waals surface area contributed by atoms with Gasteiger partial charge in [-0.3, -0.25) is 9.59 Å². The van der Waals surface area contributed by atoms with Crippen molar-refractivity contribution in [2.45, 2.75) is 32.6 Å². The quantitative estimate of drug-likeness (QED) is 0.735. The van der Waals surface area contributed by atoms with Gasteiger partial charge >= 0.3 is 6.09 Å². The van der Waals surface area contributed by atoms with E-state index in [9.17, 15) is 14.4 Å². The number of carbonyl (C=O) groups excluding carboxylic acids is 1. The predicted octanol–water partition coefficient (Wildman–Crippen LogP) is 0.849. The molecule has 8 nitrogen and oxygen atoms in total. The molecule has 2 fully saturated rings. The first-order valence-electron chi connectivity index (χ1n) is 10.1. The highest BCUT2D eigenvalue weighted by atomic mass is 16.6. The molecule has 1 aromatic rings. The Labute approximate surface area is 159 Å². The van der Waals surface area contributed by atoms with Gasteiger partial charge < -0.3 is 24.8 Å². The molecule has 0 bridgehead atoms. The highest BCUT2D eigenvalue weighted by molar-refractivity contribution is 5.76. The van der Waals surface area contributed by atoms with Crippen LogP contribution >= 0.6 is 0 Å². The van der Waals surface area contributed by atoms with Crippen molar-refractivity contribution in [3.05, 3.63) is 20.4 Å². The number of ether oxygens (including phenoxy) is 1. The molecule has 3 rings (SSSR count). The van der Waals surface area contributed by atoms with E-state index in [-0.39, 0.29) is 6.09 Å². The lowest BCUT2D eigenvalue weighted by Gasteiger charge is -2.36. The molecule has 2 saturated heterocycles. The van der Waals surface area contributed by atoms with E-state index in [1.54, 1.807) is 11.8 Å². The summed E-state index contributed by atoms with van der Waals surface area (Å²) in [4.78, 5) is 41.9. The van der Waals surface area contributed by atoms with Crippen molar-refractivity contribution in [2.75, 3.05) is 69.2 Å². The number of hydrogen-bond donors (Lipinski definition) is 1. The van der Waals surface area contributed by atoms with Crippen LogP contribution in [0.25, 0.3) is 0 Å². The Balaban J connectivity index is 1.52. The average molecular weight is 378 g/mol. The van der Waals surface area contributed by atoms with Gasteiger partial charge in [-0.1, -0.05) is 12.8 Å². The Morgan fingerprint density at radius 3 is 2.26 bits per heavy atom. The highest BCUT2D eigenvalue weighted by Crippen LogP contribution is 2.21. The fraction of sp³-hybridized carbons (Fsp3) is 0.737. The smallest absolute Gasteiger partial charge is 0.409 e. The van der Waals surface area contributed by atoms with Crippen molar-refractivity contribution >= 4 is 17.5 Å². The third-order valence-electron chi connectivity index (χ3n) is 5.44. The Kier molecular flexibility index (Phi) is 6.71. The zero-order chi connectivity index (χ0) is 19.2. The minimum Gasteiger partial charge on any atom is -0.450 e. The van der Waals surface area contributed by atoms with E-state index < -0.39 is 10.9 Å². The average Bonchev–Trinajstić information content (AvgIpc) is 2.96. The maximum atomic E-state index is 12.1. The summed E-state index contributed by atoms with van der Waals surface area (Å²) in [5, 5.41) is 3.19. The van der Waals surface area contributed by atoms with Gasteiger partial charge in [0.25, 0.3) is 10.9 Å². The van der Waals surface area contributed by atoms with E-state index in [2.05, 4.69) is 10.2 Å². The first kappa shape index (κ1) is 19.7. The van der Waals surface area contributed by atoms with Crippen LogP contribution in [0.2, 0.25) is 0 Å². The van der Waals surface area contributed by atoms with Crippen LogP contribution in [0.3, 0.4) is 0 Å². The second kappa shape index (κ2) is 9.21. The molecular weight excluding hydrogens is 348 g/mol. The van der Waals surface area contributed by atoms with Gasteiger partial charge in [0.15, 0.2) is 0 Å². The molecule has 2 heterocycles. The van der Waals surface area contributed by atoms with Crippen LogP contribution in [0, 0.1) is 0 Å². The number of nitrogens with one attached hydrogen (secondary N) is 1. The molecule has 2 aliphatic heterocycles. The van der Waals surface area contributed by atoms with Gasteiger partial charge in [-0.25, -0.2) is 4.79 Å². The fourth-order valence-electron chi connectivity index (χ4n) is 3.87. The first-order chi connectivity index (χ1) is 13.1. The minimum atomic E-state index is -0.423. The first-order valence-corrected chi connectivity index (χ1v) is 10.1. The number of rotatable bonds is 6. The van der Waals surface area contributed by atoms with Crippen molar-refractivity contribution < 1.29 is 9.53 Å². The van der Waals surface area contributed by atoms with Crippen molar-refractivity contribution in [2.24, 2.45) is 0 Å². The molecule has 0 radical (unpaired) electrons. The maximum Gasteiger partial charge on any atom is 0.409 e. The van der Waals surface area contributed by atoms with Crippen molar-refractivity contribution in [3.8, 4) is 0 Å². The van der Waals surface area contributed by atoms with Crippen LogP contribution in [0.5, 0.6) is 0 Å². The van der Waals surface area contributed by atoms with Crippen molar-refractivity contribution in [3.63, 3.8) is 0 Å². The molecule has 8 heteroatoms. The van der Waals surface area contributed by atoms with Crippen LogP contribution in [-0.2, 0) is 4.74 Å². The van der Waals surface area contributed by atoms with E-state index in [1.165, 1.54) is 25.7 Å². The van der Waals surface area contributed by atoms with Gasteiger partial charge in [0.05, 0.1) is 6.61 Å². The van der Waals surface area contributed by atoms with E-state index in [0.717, 1.165) is 19.6 Å². The van der Waals surface area contributed by atoms with Gasteiger partial charge in [-0.2, -0.15) is 0 Å². The molecule has 27 heavy (non-hydrogen) atoms. The van der Waals surface area contributed by atoms with E-state index in [1.807, 2.05) is 4.90 Å². The van der Waals surface area contributed by atoms with Crippen molar-refractivity contribution in [1.29, 1.82) is 0 Å². The highest BCUT2D eigenvalue weighted by Gasteiger charge is 2.30. The van der Waals surface area contributed by atoms with Crippen LogP contribution in [0.1, 0.15) is 32.6 Å². The Morgan fingerprint density at radius 2 is 1.63 bits per heavy atom. The number of carbonyl (C=O) groups is 1. The minimum absolute atomic E-state index is 0.321. The molecule has 0 saturated carbocycles. The number of nitrogens with zero attached hydrogens (tertiary/aromatic N) is 3. The summed E-state index contributed by atoms with van der Waals surface area (Å²) in [5.41, 5.74) is 0.0873. The van der Waals surface area contributed by atoms with Crippen LogP contribution in [0.15, 0.2) is 9.59 Å². The number of hydrogen-bond acceptors (Lipinski definition) is 7. The molecule has 0 unspecified atom stereocenters. The fourth-order valence-corrected chi connectivity index (χ4v) is 3.87. The summed E-state index contributed by atoms with van der Waals surface area (Å²) < 4.78 is 5.01. The van der Waals surface area contributed by atoms with Crippen LogP contribution < -0.4 is 21.1 Å². The van der Waals surface area contributed by atoms with Crippen molar-refractivity contribution in [1.82, 2.24) is 9.80 Å². The standard InChI is InChI=1S/C19H30N4O4/c1-2-27-19(26)23-13-11-22(12-14-23)16-15(17(24)18(16)25)20-7-10-21-8-5-3-4-6-9-21/h20H,2-14H2,1H3. The molecule has 0 aliphatic carbocycles. The molecule has 2 aliphatic rings. The summed E-state index contributed by atoms with van der Waals surface area (Å²) in [6.07, 6.45) is 4.73. The lowest BCUT2D eigenvalue weighted by molar-refractivity contribution is 0.105. The second-order valence-electron chi connectivity index (χ2n) is 7.24. The van der Waals surface area contributed by atoms with Crippen LogP contribution in [0.4, 0.5) is 16.2 Å². The second-order valence-corrected chi connectivity index (χ2v) is 7.24. The molecule has 0 spiro atoms. The van der Waals surface area contributed by atoms with Gasteiger partial charge in [-0.15, -0.1) is 0 Å². The maximum absolute atomic E-state index is 12.1. The summed E-state index contributed by atoms with van der Waals surface area (Å²) >= 11 is 0. The number of anilines is 2. The molecule has 1 amide bonds. The predicted molar refractivity (Wildman–Crippen MR) is 106 cm³/mol. The molecule has 1 N–H and O–H groups in total. The van der Waals surface area contributed by atoms with Gasteiger partial charge in [0.1, 0.15) is 11.4 Å². The summed E-state index contributed by atoms with van der Waals surface area (Å²) in [6, 6.07) is 0. The molecule has 0 atom stereocenters. The zero-order valence-corrected chi connectivity index (χ0v) is 16.2. The third kappa shape index (κ3) is 4.61. The van der Waals surface area contributed by atoms with E-state index in [4.69, 9.17) is 4.74 Å². The topological polar surface area (TPSA) is 82.2 Å². The van der Waals surface area contributed by atoms with Gasteiger partial charge in [0, 0.05) is 39.3 Å². The summed E-state index contributed by atoms with van der Waals surface area (Å²) in [6.45, 7) is 7.94. The molecule has 150 valence electrons. The van der Waals surface area contributed by atoms with Gasteiger partial charge in [-0.05, 0) is 32.9 Å².